The van der Waals surface area contributed by atoms with E-state index in [4.69, 9.17) is 0 Å². The minimum atomic E-state index is 0.720. The third-order valence-corrected chi connectivity index (χ3v) is 2.85. The molecule has 0 atom stereocenters. The lowest BCUT2D eigenvalue weighted by Crippen LogP contribution is -2.37. The predicted octanol–water partition coefficient (Wildman–Crippen LogP) is 1.56. The highest BCUT2D eigenvalue weighted by atomic mass is 15.3. The molecule has 1 saturated carbocycles. The Hall–Kier alpha value is -1.12. The topological polar surface area (TPSA) is 29.0 Å². The Labute approximate surface area is 77.8 Å². The summed E-state index contributed by atoms with van der Waals surface area (Å²) in [6.45, 7) is 2.30. The van der Waals surface area contributed by atoms with Crippen molar-refractivity contribution in [1.29, 1.82) is 0 Å². The highest BCUT2D eigenvalue weighted by Gasteiger charge is 2.25. The van der Waals surface area contributed by atoms with Crippen molar-refractivity contribution in [1.82, 2.24) is 10.2 Å². The first kappa shape index (κ1) is 7.30. The summed E-state index contributed by atoms with van der Waals surface area (Å²) < 4.78 is 0. The van der Waals surface area contributed by atoms with Crippen molar-refractivity contribution in [2.45, 2.75) is 25.2 Å². The van der Waals surface area contributed by atoms with E-state index in [1.165, 1.54) is 25.0 Å². The van der Waals surface area contributed by atoms with Crippen molar-refractivity contribution in [2.24, 2.45) is 0 Å². The molecule has 0 N–H and O–H groups in total. The van der Waals surface area contributed by atoms with Crippen LogP contribution >= 0.6 is 0 Å². The molecule has 0 bridgehead atoms. The first-order valence-electron chi connectivity index (χ1n) is 5.02. The van der Waals surface area contributed by atoms with Crippen LogP contribution in [-0.2, 0) is 0 Å². The molecule has 1 aromatic heterocycles. The summed E-state index contributed by atoms with van der Waals surface area (Å²) in [5.74, 6) is 1.77. The predicted molar refractivity (Wildman–Crippen MR) is 50.8 cm³/mol. The average molecular weight is 175 g/mol. The Morgan fingerprint density at radius 1 is 1.15 bits per heavy atom. The summed E-state index contributed by atoms with van der Waals surface area (Å²) >= 11 is 0. The summed E-state index contributed by atoms with van der Waals surface area (Å²) in [5.41, 5.74) is 1.18. The fraction of sp³-hybridized carbons (Fsp3) is 0.600. The molecule has 0 aromatic carbocycles. The van der Waals surface area contributed by atoms with Crippen LogP contribution in [0.3, 0.4) is 0 Å². The van der Waals surface area contributed by atoms with Gasteiger partial charge in [0.2, 0.25) is 0 Å². The fourth-order valence-corrected chi connectivity index (χ4v) is 1.65. The summed E-state index contributed by atoms with van der Waals surface area (Å²) in [6.07, 6.45) is 3.90. The summed E-state index contributed by atoms with van der Waals surface area (Å²) in [6, 6.07) is 4.25. The Bertz CT molecular complexity index is 298. The van der Waals surface area contributed by atoms with Crippen LogP contribution in [0.15, 0.2) is 12.1 Å². The second kappa shape index (κ2) is 2.69. The lowest BCUT2D eigenvalue weighted by Gasteiger charge is -2.31. The molecule has 0 unspecified atom stereocenters. The monoisotopic (exact) mass is 175 g/mol. The lowest BCUT2D eigenvalue weighted by atomic mass is 10.2. The van der Waals surface area contributed by atoms with Crippen molar-refractivity contribution in [3.63, 3.8) is 0 Å². The summed E-state index contributed by atoms with van der Waals surface area (Å²) in [4.78, 5) is 2.27. The molecule has 0 spiro atoms. The average Bonchev–Trinajstić information content (AvgIpc) is 2.85. The minimum absolute atomic E-state index is 0.720. The van der Waals surface area contributed by atoms with E-state index in [1.54, 1.807) is 0 Å². The van der Waals surface area contributed by atoms with Gasteiger partial charge in [-0.1, -0.05) is 0 Å². The van der Waals surface area contributed by atoms with E-state index in [0.29, 0.717) is 0 Å². The van der Waals surface area contributed by atoms with Crippen LogP contribution in [0.5, 0.6) is 0 Å². The molecule has 0 amide bonds. The van der Waals surface area contributed by atoms with Gasteiger partial charge in [0.1, 0.15) is 0 Å². The van der Waals surface area contributed by atoms with Gasteiger partial charge in [0.15, 0.2) is 5.82 Å². The highest BCUT2D eigenvalue weighted by molar-refractivity contribution is 5.40. The maximum absolute atomic E-state index is 4.25. The van der Waals surface area contributed by atoms with E-state index < -0.39 is 0 Å². The Morgan fingerprint density at radius 3 is 2.46 bits per heavy atom. The Morgan fingerprint density at radius 2 is 2.00 bits per heavy atom. The van der Waals surface area contributed by atoms with Gasteiger partial charge in [0.05, 0.1) is 5.69 Å². The van der Waals surface area contributed by atoms with Crippen LogP contribution < -0.4 is 4.90 Å². The largest absolute Gasteiger partial charge is 0.355 e. The standard InChI is InChI=1S/C10H13N3/c1-6-13(7-1)10-5-4-9(11-12-10)8-2-3-8/h4-5,8H,1-3,6-7H2. The van der Waals surface area contributed by atoms with Crippen LogP contribution in [0.1, 0.15) is 30.9 Å². The van der Waals surface area contributed by atoms with Gasteiger partial charge in [0, 0.05) is 19.0 Å². The quantitative estimate of drug-likeness (QED) is 0.683. The zero-order valence-electron chi connectivity index (χ0n) is 7.61. The van der Waals surface area contributed by atoms with Crippen molar-refractivity contribution in [3.8, 4) is 0 Å². The molecular formula is C10H13N3. The van der Waals surface area contributed by atoms with E-state index in [0.717, 1.165) is 24.8 Å². The van der Waals surface area contributed by atoms with Gasteiger partial charge in [0.25, 0.3) is 0 Å². The molecule has 3 heteroatoms. The van der Waals surface area contributed by atoms with Crippen LogP contribution in [0.4, 0.5) is 5.82 Å². The van der Waals surface area contributed by atoms with E-state index in [-0.39, 0.29) is 0 Å². The van der Waals surface area contributed by atoms with Crippen LogP contribution in [0.25, 0.3) is 0 Å². The number of hydrogen-bond acceptors (Lipinski definition) is 3. The Balaban J connectivity index is 1.80. The molecule has 3 rings (SSSR count). The van der Waals surface area contributed by atoms with E-state index in [2.05, 4.69) is 27.2 Å². The summed E-state index contributed by atoms with van der Waals surface area (Å²) in [7, 11) is 0. The number of nitrogens with zero attached hydrogens (tertiary/aromatic N) is 3. The molecule has 1 aliphatic carbocycles. The zero-order chi connectivity index (χ0) is 8.67. The van der Waals surface area contributed by atoms with E-state index in [9.17, 15) is 0 Å². The van der Waals surface area contributed by atoms with Gasteiger partial charge < -0.3 is 4.90 Å². The highest BCUT2D eigenvalue weighted by Crippen LogP contribution is 2.38. The fourth-order valence-electron chi connectivity index (χ4n) is 1.65. The maximum Gasteiger partial charge on any atom is 0.151 e. The van der Waals surface area contributed by atoms with Gasteiger partial charge in [-0.3, -0.25) is 0 Å². The van der Waals surface area contributed by atoms with Gasteiger partial charge in [-0.15, -0.1) is 5.10 Å². The second-order valence-corrected chi connectivity index (χ2v) is 3.93. The summed E-state index contributed by atoms with van der Waals surface area (Å²) in [5, 5.41) is 8.49. The molecule has 0 radical (unpaired) electrons. The minimum Gasteiger partial charge on any atom is -0.355 e. The van der Waals surface area contributed by atoms with Crippen LogP contribution in [0.2, 0.25) is 0 Å². The van der Waals surface area contributed by atoms with E-state index in [1.807, 2.05) is 0 Å². The third-order valence-electron chi connectivity index (χ3n) is 2.85. The van der Waals surface area contributed by atoms with Crippen molar-refractivity contribution in [2.75, 3.05) is 18.0 Å². The van der Waals surface area contributed by atoms with Crippen molar-refractivity contribution in [3.05, 3.63) is 17.8 Å². The molecule has 1 aromatic rings. The smallest absolute Gasteiger partial charge is 0.151 e. The molecular weight excluding hydrogens is 162 g/mol. The Kier molecular flexibility index (Phi) is 1.51. The SMILES string of the molecule is c1cc(N2CCC2)nnc1C1CC1. The normalized spacial score (nSPS) is 21.4. The van der Waals surface area contributed by atoms with Crippen molar-refractivity contribution < 1.29 is 0 Å². The molecule has 68 valence electrons. The van der Waals surface area contributed by atoms with Crippen LogP contribution in [-0.4, -0.2) is 23.3 Å². The molecule has 13 heavy (non-hydrogen) atoms. The molecule has 1 saturated heterocycles. The lowest BCUT2D eigenvalue weighted by molar-refractivity contribution is 0.604. The second-order valence-electron chi connectivity index (χ2n) is 3.93. The number of rotatable bonds is 2. The molecule has 2 fully saturated rings. The third kappa shape index (κ3) is 1.28. The molecule has 2 heterocycles. The maximum atomic E-state index is 4.25. The van der Waals surface area contributed by atoms with Gasteiger partial charge in [-0.2, -0.15) is 5.10 Å². The van der Waals surface area contributed by atoms with Gasteiger partial charge >= 0.3 is 0 Å². The molecule has 1 aliphatic heterocycles. The first-order chi connectivity index (χ1) is 6.43. The number of hydrogen-bond donors (Lipinski definition) is 0. The molecule has 3 nitrogen and oxygen atoms in total. The van der Waals surface area contributed by atoms with Crippen LogP contribution in [0, 0.1) is 0 Å². The van der Waals surface area contributed by atoms with E-state index >= 15 is 0 Å². The van der Waals surface area contributed by atoms with Gasteiger partial charge in [-0.25, -0.2) is 0 Å². The van der Waals surface area contributed by atoms with Gasteiger partial charge in [-0.05, 0) is 31.4 Å². The zero-order valence-corrected chi connectivity index (χ0v) is 7.61. The first-order valence-corrected chi connectivity index (χ1v) is 5.02. The molecule has 2 aliphatic rings. The number of anilines is 1. The number of aromatic nitrogens is 2. The van der Waals surface area contributed by atoms with Crippen molar-refractivity contribution >= 4 is 5.82 Å².